The molecule has 0 amide bonds. The number of methoxy groups -OCH3 is 1. The van der Waals surface area contributed by atoms with Crippen LogP contribution in [-0.4, -0.2) is 12.0 Å². The van der Waals surface area contributed by atoms with E-state index in [2.05, 4.69) is 5.32 Å². The maximum Gasteiger partial charge on any atom is 0.288 e. The van der Waals surface area contributed by atoms with Crippen molar-refractivity contribution in [1.29, 1.82) is 0 Å². The summed E-state index contributed by atoms with van der Waals surface area (Å²) < 4.78 is 5.12. The van der Waals surface area contributed by atoms with Crippen molar-refractivity contribution < 1.29 is 9.66 Å². The Bertz CT molecular complexity index is 644. The average Bonchev–Trinajstić information content (AvgIpc) is 2.47. The molecule has 0 radical (unpaired) electrons. The average molecular weight is 307 g/mol. The van der Waals surface area contributed by atoms with Crippen LogP contribution in [0.5, 0.6) is 5.75 Å². The molecule has 0 saturated carbocycles. The number of rotatable bonds is 5. The molecule has 2 aromatic rings. The summed E-state index contributed by atoms with van der Waals surface area (Å²) in [5.41, 5.74) is 1.71. The van der Waals surface area contributed by atoms with Crippen LogP contribution < -0.4 is 10.1 Å². The molecule has 0 aliphatic carbocycles. The van der Waals surface area contributed by atoms with E-state index >= 15 is 0 Å². The van der Waals surface area contributed by atoms with Gasteiger partial charge in [-0.25, -0.2) is 0 Å². The molecular formula is C15H15ClN2O3. The van der Waals surface area contributed by atoms with Crippen molar-refractivity contribution in [2.24, 2.45) is 0 Å². The van der Waals surface area contributed by atoms with Crippen LogP contribution in [0, 0.1) is 10.1 Å². The van der Waals surface area contributed by atoms with Gasteiger partial charge in [0.2, 0.25) is 0 Å². The van der Waals surface area contributed by atoms with Crippen LogP contribution in [0.2, 0.25) is 5.02 Å². The third-order valence-electron chi connectivity index (χ3n) is 3.14. The molecule has 0 heterocycles. The minimum absolute atomic E-state index is 0.0356. The van der Waals surface area contributed by atoms with Crippen molar-refractivity contribution in [3.63, 3.8) is 0 Å². The molecular weight excluding hydrogens is 292 g/mol. The molecule has 1 N–H and O–H groups in total. The minimum atomic E-state index is -0.501. The zero-order chi connectivity index (χ0) is 15.4. The van der Waals surface area contributed by atoms with Gasteiger partial charge in [-0.1, -0.05) is 23.7 Å². The highest BCUT2D eigenvalue weighted by Crippen LogP contribution is 2.29. The van der Waals surface area contributed by atoms with Gasteiger partial charge in [0.25, 0.3) is 5.69 Å². The highest BCUT2D eigenvalue weighted by Gasteiger charge is 2.13. The van der Waals surface area contributed by atoms with E-state index < -0.39 is 4.92 Å². The third-order valence-corrected chi connectivity index (χ3v) is 3.45. The van der Waals surface area contributed by atoms with Crippen LogP contribution in [0.3, 0.4) is 0 Å². The number of nitro benzene ring substituents is 1. The lowest BCUT2D eigenvalue weighted by Crippen LogP contribution is -2.06. The van der Waals surface area contributed by atoms with Crippen molar-refractivity contribution in [3.05, 3.63) is 63.2 Å². The Hall–Kier alpha value is -2.27. The Morgan fingerprint density at radius 2 is 1.90 bits per heavy atom. The highest BCUT2D eigenvalue weighted by molar-refractivity contribution is 6.32. The van der Waals surface area contributed by atoms with Gasteiger partial charge in [0.1, 0.15) is 10.8 Å². The molecule has 0 bridgehead atoms. The number of nitro groups is 1. The van der Waals surface area contributed by atoms with Crippen molar-refractivity contribution in [2.75, 3.05) is 12.4 Å². The van der Waals surface area contributed by atoms with E-state index in [0.29, 0.717) is 0 Å². The number of ether oxygens (including phenoxy) is 1. The largest absolute Gasteiger partial charge is 0.497 e. The number of hydrogen-bond acceptors (Lipinski definition) is 4. The fourth-order valence-corrected chi connectivity index (χ4v) is 2.22. The molecule has 110 valence electrons. The fraction of sp³-hybridized carbons (Fsp3) is 0.200. The van der Waals surface area contributed by atoms with E-state index in [1.54, 1.807) is 19.2 Å². The Kier molecular flexibility index (Phi) is 4.65. The normalized spacial score (nSPS) is 11.8. The van der Waals surface area contributed by atoms with Gasteiger partial charge >= 0.3 is 0 Å². The van der Waals surface area contributed by atoms with Crippen molar-refractivity contribution in [1.82, 2.24) is 0 Å². The Labute approximate surface area is 127 Å². The highest BCUT2D eigenvalue weighted by atomic mass is 35.5. The van der Waals surface area contributed by atoms with Gasteiger partial charge < -0.3 is 10.1 Å². The number of nitrogens with zero attached hydrogens (tertiary/aromatic N) is 1. The first-order chi connectivity index (χ1) is 10.0. The topological polar surface area (TPSA) is 64.4 Å². The molecule has 1 unspecified atom stereocenters. The molecule has 6 heteroatoms. The summed E-state index contributed by atoms with van der Waals surface area (Å²) in [6, 6.07) is 12.3. The standard InChI is InChI=1S/C15H15ClN2O3/c1-10(11-3-6-13(21-2)7-4-11)17-12-5-8-15(18(19)20)14(16)9-12/h3-10,17H,1-2H3. The summed E-state index contributed by atoms with van der Waals surface area (Å²) in [5.74, 6) is 0.796. The molecule has 1 atom stereocenters. The lowest BCUT2D eigenvalue weighted by molar-refractivity contribution is -0.384. The van der Waals surface area contributed by atoms with Crippen LogP contribution in [0.4, 0.5) is 11.4 Å². The quantitative estimate of drug-likeness (QED) is 0.655. The van der Waals surface area contributed by atoms with E-state index in [4.69, 9.17) is 16.3 Å². The molecule has 2 rings (SSSR count). The van der Waals surface area contributed by atoms with E-state index in [-0.39, 0.29) is 16.8 Å². The smallest absolute Gasteiger partial charge is 0.288 e. The molecule has 21 heavy (non-hydrogen) atoms. The minimum Gasteiger partial charge on any atom is -0.497 e. The van der Waals surface area contributed by atoms with Crippen molar-refractivity contribution in [2.45, 2.75) is 13.0 Å². The molecule has 0 saturated heterocycles. The van der Waals surface area contributed by atoms with Gasteiger partial charge in [0.15, 0.2) is 0 Å². The first-order valence-electron chi connectivity index (χ1n) is 6.35. The number of nitrogens with one attached hydrogen (secondary N) is 1. The summed E-state index contributed by atoms with van der Waals surface area (Å²) in [6.45, 7) is 2.00. The van der Waals surface area contributed by atoms with Crippen LogP contribution in [-0.2, 0) is 0 Å². The molecule has 5 nitrogen and oxygen atoms in total. The summed E-state index contributed by atoms with van der Waals surface area (Å²) in [7, 11) is 1.62. The third kappa shape index (κ3) is 3.64. The van der Waals surface area contributed by atoms with Gasteiger partial charge in [-0.2, -0.15) is 0 Å². The molecule has 0 aromatic heterocycles. The predicted molar refractivity (Wildman–Crippen MR) is 83.1 cm³/mol. The fourth-order valence-electron chi connectivity index (χ4n) is 1.97. The van der Waals surface area contributed by atoms with Crippen LogP contribution in [0.15, 0.2) is 42.5 Å². The second kappa shape index (κ2) is 6.45. The number of hydrogen-bond donors (Lipinski definition) is 1. The van der Waals surface area contributed by atoms with E-state index in [9.17, 15) is 10.1 Å². The Balaban J connectivity index is 2.13. The van der Waals surface area contributed by atoms with E-state index in [1.807, 2.05) is 31.2 Å². The van der Waals surface area contributed by atoms with Gasteiger partial charge in [-0.15, -0.1) is 0 Å². The summed E-state index contributed by atoms with van der Waals surface area (Å²) in [4.78, 5) is 10.2. The number of halogens is 1. The van der Waals surface area contributed by atoms with Crippen LogP contribution in [0.1, 0.15) is 18.5 Å². The second-order valence-electron chi connectivity index (χ2n) is 4.56. The second-order valence-corrected chi connectivity index (χ2v) is 4.97. The first kappa shape index (κ1) is 15.1. The molecule has 0 aliphatic heterocycles. The zero-order valence-corrected chi connectivity index (χ0v) is 12.4. The number of benzene rings is 2. The first-order valence-corrected chi connectivity index (χ1v) is 6.73. The summed E-state index contributed by atoms with van der Waals surface area (Å²) in [5, 5.41) is 14.1. The Morgan fingerprint density at radius 1 is 1.24 bits per heavy atom. The predicted octanol–water partition coefficient (Wildman–Crippen LogP) is 4.43. The number of anilines is 1. The maximum atomic E-state index is 10.7. The maximum absolute atomic E-state index is 10.7. The zero-order valence-electron chi connectivity index (χ0n) is 11.7. The van der Waals surface area contributed by atoms with Gasteiger partial charge in [0, 0.05) is 17.8 Å². The molecule has 0 aliphatic rings. The monoisotopic (exact) mass is 306 g/mol. The van der Waals surface area contributed by atoms with Gasteiger partial charge in [0.05, 0.1) is 12.0 Å². The van der Waals surface area contributed by atoms with Gasteiger partial charge in [-0.3, -0.25) is 10.1 Å². The van der Waals surface area contributed by atoms with Crippen molar-refractivity contribution >= 4 is 23.0 Å². The lowest BCUT2D eigenvalue weighted by atomic mass is 10.1. The van der Waals surface area contributed by atoms with Gasteiger partial charge in [-0.05, 0) is 36.8 Å². The van der Waals surface area contributed by atoms with Crippen LogP contribution in [0.25, 0.3) is 0 Å². The SMILES string of the molecule is COc1ccc(C(C)Nc2ccc([N+](=O)[O-])c(Cl)c2)cc1. The van der Waals surface area contributed by atoms with Crippen LogP contribution >= 0.6 is 11.6 Å². The summed E-state index contributed by atoms with van der Waals surface area (Å²) in [6.07, 6.45) is 0. The molecule has 0 fully saturated rings. The lowest BCUT2D eigenvalue weighted by Gasteiger charge is -2.16. The summed E-state index contributed by atoms with van der Waals surface area (Å²) >= 11 is 5.90. The van der Waals surface area contributed by atoms with Crippen molar-refractivity contribution in [3.8, 4) is 5.75 Å². The van der Waals surface area contributed by atoms with E-state index in [1.165, 1.54) is 6.07 Å². The Morgan fingerprint density at radius 3 is 2.43 bits per heavy atom. The molecule has 0 spiro atoms. The van der Waals surface area contributed by atoms with E-state index in [0.717, 1.165) is 17.0 Å². The molecule has 2 aromatic carbocycles.